The van der Waals surface area contributed by atoms with Crippen LogP contribution < -0.4 is 0 Å². The lowest BCUT2D eigenvalue weighted by Gasteiger charge is -2.38. The van der Waals surface area contributed by atoms with E-state index in [9.17, 15) is 10.3 Å². The Morgan fingerprint density at radius 3 is 2.82 bits per heavy atom. The van der Waals surface area contributed by atoms with E-state index in [1.54, 1.807) is 0 Å². The average molecular weight is 301 g/mol. The molecule has 3 aliphatic carbocycles. The highest BCUT2D eigenvalue weighted by Gasteiger charge is 2.47. The third-order valence-corrected chi connectivity index (χ3v) is 6.02. The standard InChI is InChI=1S/C19H27NO2/c1-13-5-8-16(21)12-15(13)7-6-14-4-3-11-19(2)17(14)9-10-18(19)20-22/h6-7,16-17,21-22H,1,3-5,8-12H2,2H3/b14-6+,15-7-,20-18+/t16-,17?,19+/m1/s1. The SMILES string of the molecule is C=C1CC[C@@H](O)C/C1=C/C=C1\CCC[C@]2(C)/C(=N/O)CCC12. The van der Waals surface area contributed by atoms with Crippen molar-refractivity contribution in [2.45, 2.75) is 64.4 Å². The molecule has 3 saturated carbocycles. The molecule has 0 aromatic heterocycles. The van der Waals surface area contributed by atoms with Gasteiger partial charge in [-0.3, -0.25) is 0 Å². The van der Waals surface area contributed by atoms with Crippen LogP contribution in [0.2, 0.25) is 0 Å². The molecule has 0 aromatic carbocycles. The van der Waals surface area contributed by atoms with Crippen LogP contribution in [0.3, 0.4) is 0 Å². The monoisotopic (exact) mass is 301 g/mol. The Kier molecular flexibility index (Phi) is 4.26. The van der Waals surface area contributed by atoms with Gasteiger partial charge in [-0.25, -0.2) is 0 Å². The minimum atomic E-state index is -0.216. The van der Waals surface area contributed by atoms with Gasteiger partial charge in [-0.1, -0.05) is 42.0 Å². The summed E-state index contributed by atoms with van der Waals surface area (Å²) in [6.45, 7) is 6.39. The van der Waals surface area contributed by atoms with Gasteiger partial charge in [-0.05, 0) is 62.9 Å². The second-order valence-electron chi connectivity index (χ2n) is 7.34. The first-order valence-corrected chi connectivity index (χ1v) is 8.52. The molecule has 3 atom stereocenters. The maximum absolute atomic E-state index is 9.85. The molecule has 1 unspecified atom stereocenters. The molecular weight excluding hydrogens is 274 g/mol. The topological polar surface area (TPSA) is 52.8 Å². The van der Waals surface area contributed by atoms with Crippen molar-refractivity contribution in [3.8, 4) is 0 Å². The Bertz CT molecular complexity index is 558. The fourth-order valence-corrected chi connectivity index (χ4v) is 4.59. The van der Waals surface area contributed by atoms with Crippen molar-refractivity contribution in [2.24, 2.45) is 16.5 Å². The maximum atomic E-state index is 9.85. The van der Waals surface area contributed by atoms with E-state index >= 15 is 0 Å². The minimum Gasteiger partial charge on any atom is -0.411 e. The highest BCUT2D eigenvalue weighted by Crippen LogP contribution is 2.52. The number of allylic oxidation sites excluding steroid dienone is 4. The fourth-order valence-electron chi connectivity index (χ4n) is 4.59. The van der Waals surface area contributed by atoms with Crippen molar-refractivity contribution in [3.63, 3.8) is 0 Å². The lowest BCUT2D eigenvalue weighted by molar-refractivity contribution is 0.158. The summed E-state index contributed by atoms with van der Waals surface area (Å²) >= 11 is 0. The van der Waals surface area contributed by atoms with Gasteiger partial charge >= 0.3 is 0 Å². The zero-order valence-corrected chi connectivity index (χ0v) is 13.5. The number of oxime groups is 1. The lowest BCUT2D eigenvalue weighted by atomic mass is 9.66. The van der Waals surface area contributed by atoms with Gasteiger partial charge in [0.25, 0.3) is 0 Å². The molecule has 0 heterocycles. The summed E-state index contributed by atoms with van der Waals surface area (Å²) in [6.07, 6.45) is 12.1. The Balaban J connectivity index is 1.84. The molecule has 2 N–H and O–H groups in total. The summed E-state index contributed by atoms with van der Waals surface area (Å²) in [5.41, 5.74) is 4.87. The van der Waals surface area contributed by atoms with E-state index in [0.29, 0.717) is 5.92 Å². The number of rotatable bonds is 1. The van der Waals surface area contributed by atoms with Crippen LogP contribution in [0.25, 0.3) is 0 Å². The number of nitrogens with zero attached hydrogens (tertiary/aromatic N) is 1. The van der Waals surface area contributed by atoms with Crippen molar-refractivity contribution in [2.75, 3.05) is 0 Å². The van der Waals surface area contributed by atoms with Crippen molar-refractivity contribution in [1.82, 2.24) is 0 Å². The molecule has 0 aliphatic heterocycles. The molecule has 22 heavy (non-hydrogen) atoms. The first-order chi connectivity index (χ1) is 10.5. The number of hydrogen-bond donors (Lipinski definition) is 2. The number of aliphatic hydroxyl groups excluding tert-OH is 1. The quantitative estimate of drug-likeness (QED) is 0.558. The third kappa shape index (κ3) is 2.67. The number of hydrogen-bond acceptors (Lipinski definition) is 3. The van der Waals surface area contributed by atoms with Gasteiger partial charge < -0.3 is 10.3 Å². The minimum absolute atomic E-state index is 0.0421. The van der Waals surface area contributed by atoms with E-state index in [2.05, 4.69) is 30.8 Å². The summed E-state index contributed by atoms with van der Waals surface area (Å²) in [7, 11) is 0. The van der Waals surface area contributed by atoms with Crippen molar-refractivity contribution >= 4 is 5.71 Å². The van der Waals surface area contributed by atoms with E-state index in [-0.39, 0.29) is 11.5 Å². The molecule has 3 rings (SSSR count). The predicted molar refractivity (Wildman–Crippen MR) is 89.1 cm³/mol. The van der Waals surface area contributed by atoms with E-state index in [4.69, 9.17) is 0 Å². The van der Waals surface area contributed by atoms with Gasteiger partial charge in [0, 0.05) is 5.41 Å². The summed E-state index contributed by atoms with van der Waals surface area (Å²) < 4.78 is 0. The van der Waals surface area contributed by atoms with Crippen LogP contribution in [-0.4, -0.2) is 22.1 Å². The second-order valence-corrected chi connectivity index (χ2v) is 7.34. The van der Waals surface area contributed by atoms with E-state index < -0.39 is 0 Å². The molecule has 120 valence electrons. The van der Waals surface area contributed by atoms with Gasteiger partial charge in [0.1, 0.15) is 0 Å². The Hall–Kier alpha value is -1.35. The van der Waals surface area contributed by atoms with Crippen molar-refractivity contribution < 1.29 is 10.3 Å². The van der Waals surface area contributed by atoms with Crippen LogP contribution in [0.15, 0.2) is 40.6 Å². The Morgan fingerprint density at radius 1 is 1.23 bits per heavy atom. The fraction of sp³-hybridized carbons (Fsp3) is 0.632. The molecule has 3 fully saturated rings. The predicted octanol–water partition coefficient (Wildman–Crippen LogP) is 4.37. The Labute approximate surface area is 133 Å². The highest BCUT2D eigenvalue weighted by molar-refractivity contribution is 5.92. The molecule has 0 spiro atoms. The van der Waals surface area contributed by atoms with E-state index in [1.165, 1.54) is 16.7 Å². The summed E-state index contributed by atoms with van der Waals surface area (Å²) in [5, 5.41) is 22.7. The number of fused-ring (bicyclic) bond motifs is 1. The molecule has 0 aromatic rings. The largest absolute Gasteiger partial charge is 0.411 e. The van der Waals surface area contributed by atoms with Gasteiger partial charge in [0.15, 0.2) is 0 Å². The molecule has 0 bridgehead atoms. The summed E-state index contributed by atoms with van der Waals surface area (Å²) in [4.78, 5) is 0. The Morgan fingerprint density at radius 2 is 2.05 bits per heavy atom. The van der Waals surface area contributed by atoms with Gasteiger partial charge in [-0.2, -0.15) is 0 Å². The first-order valence-electron chi connectivity index (χ1n) is 8.52. The van der Waals surface area contributed by atoms with Crippen LogP contribution in [-0.2, 0) is 0 Å². The van der Waals surface area contributed by atoms with Crippen molar-refractivity contribution in [3.05, 3.63) is 35.5 Å². The first kappa shape index (κ1) is 15.5. The van der Waals surface area contributed by atoms with E-state index in [1.807, 2.05) is 0 Å². The molecule has 0 saturated heterocycles. The van der Waals surface area contributed by atoms with E-state index in [0.717, 1.165) is 57.1 Å². The highest BCUT2D eigenvalue weighted by atomic mass is 16.4. The van der Waals surface area contributed by atoms with Gasteiger partial charge in [0.2, 0.25) is 0 Å². The average Bonchev–Trinajstić information content (AvgIpc) is 2.85. The second kappa shape index (κ2) is 6.04. The van der Waals surface area contributed by atoms with Crippen LogP contribution in [0, 0.1) is 11.3 Å². The van der Waals surface area contributed by atoms with Gasteiger partial charge in [0.05, 0.1) is 11.8 Å². The summed E-state index contributed by atoms with van der Waals surface area (Å²) in [6, 6.07) is 0. The van der Waals surface area contributed by atoms with Crippen molar-refractivity contribution in [1.29, 1.82) is 0 Å². The number of aliphatic hydroxyl groups is 1. The molecule has 3 aliphatic rings. The molecule has 0 radical (unpaired) electrons. The van der Waals surface area contributed by atoms with Crippen LogP contribution in [0.5, 0.6) is 0 Å². The lowest BCUT2D eigenvalue weighted by Crippen LogP contribution is -2.33. The maximum Gasteiger partial charge on any atom is 0.0635 e. The zero-order valence-electron chi connectivity index (χ0n) is 13.5. The van der Waals surface area contributed by atoms with Crippen LogP contribution in [0.1, 0.15) is 58.3 Å². The molecular formula is C19H27NO2. The smallest absolute Gasteiger partial charge is 0.0635 e. The van der Waals surface area contributed by atoms with Gasteiger partial charge in [-0.15, -0.1) is 0 Å². The molecule has 0 amide bonds. The van der Waals surface area contributed by atoms with Crippen LogP contribution in [0.4, 0.5) is 0 Å². The summed E-state index contributed by atoms with van der Waals surface area (Å²) in [5.74, 6) is 0.505. The van der Waals surface area contributed by atoms with Crippen LogP contribution >= 0.6 is 0 Å². The molecule has 3 nitrogen and oxygen atoms in total. The third-order valence-electron chi connectivity index (χ3n) is 6.02. The zero-order chi connectivity index (χ0) is 15.7. The molecule has 3 heteroatoms. The normalized spacial score (nSPS) is 41.4.